The van der Waals surface area contributed by atoms with Gasteiger partial charge in [0.25, 0.3) is 0 Å². The molecule has 0 bridgehead atoms. The fourth-order valence-corrected chi connectivity index (χ4v) is 3.09. The van der Waals surface area contributed by atoms with Crippen molar-refractivity contribution >= 4 is 34.1 Å². The van der Waals surface area contributed by atoms with E-state index in [2.05, 4.69) is 26.7 Å². The highest BCUT2D eigenvalue weighted by Crippen LogP contribution is 2.32. The summed E-state index contributed by atoms with van der Waals surface area (Å²) in [5.74, 6) is 1.51. The third kappa shape index (κ3) is 4.04. The van der Waals surface area contributed by atoms with Crippen LogP contribution in [0.1, 0.15) is 18.1 Å². The van der Waals surface area contributed by atoms with Gasteiger partial charge in [0.2, 0.25) is 0 Å². The van der Waals surface area contributed by atoms with Gasteiger partial charge in [-0.25, -0.2) is 9.98 Å². The molecule has 1 aromatic heterocycles. The van der Waals surface area contributed by atoms with Gasteiger partial charge in [0.05, 0.1) is 17.3 Å². The number of nitriles is 1. The second kappa shape index (κ2) is 7.34. The molecule has 0 spiro atoms. The van der Waals surface area contributed by atoms with Crippen LogP contribution in [0.3, 0.4) is 0 Å². The van der Waals surface area contributed by atoms with Crippen LogP contribution in [0.25, 0.3) is 0 Å². The summed E-state index contributed by atoms with van der Waals surface area (Å²) in [6.07, 6.45) is 1.74. The van der Waals surface area contributed by atoms with Crippen LogP contribution in [0.5, 0.6) is 0 Å². The number of benzene rings is 1. The zero-order chi connectivity index (χ0) is 16.9. The quantitative estimate of drug-likeness (QED) is 0.792. The van der Waals surface area contributed by atoms with Gasteiger partial charge in [0.1, 0.15) is 5.82 Å². The predicted octanol–water partition coefficient (Wildman–Crippen LogP) is 3.06. The highest BCUT2D eigenvalue weighted by Gasteiger charge is 2.14. The van der Waals surface area contributed by atoms with E-state index < -0.39 is 0 Å². The van der Waals surface area contributed by atoms with Crippen LogP contribution >= 0.6 is 11.8 Å². The number of hydrogen-bond acceptors (Lipinski definition) is 7. The van der Waals surface area contributed by atoms with Crippen LogP contribution in [0.2, 0.25) is 0 Å². The molecule has 0 fully saturated rings. The number of anilines is 2. The first-order chi connectivity index (χ1) is 11.6. The molecule has 0 saturated heterocycles. The molecule has 1 atom stereocenters. The second-order valence-corrected chi connectivity index (χ2v) is 6.54. The SMILES string of the molecule is CC(N)CNc1ccnc(NC2=Nc3ccc(C#N)cc3CS2)c1. The summed E-state index contributed by atoms with van der Waals surface area (Å²) < 4.78 is 0. The first kappa shape index (κ1) is 16.3. The van der Waals surface area contributed by atoms with Gasteiger partial charge in [-0.15, -0.1) is 0 Å². The molecule has 1 unspecified atom stereocenters. The first-order valence-electron chi connectivity index (χ1n) is 7.61. The third-order valence-electron chi connectivity index (χ3n) is 3.42. The number of nitrogens with one attached hydrogen (secondary N) is 2. The molecular formula is C17H18N6S. The molecule has 122 valence electrons. The fourth-order valence-electron chi connectivity index (χ4n) is 2.23. The van der Waals surface area contributed by atoms with Gasteiger partial charge in [0, 0.05) is 36.3 Å². The third-order valence-corrected chi connectivity index (χ3v) is 4.34. The van der Waals surface area contributed by atoms with Crippen LogP contribution in [0.4, 0.5) is 17.2 Å². The molecule has 1 aliphatic rings. The summed E-state index contributed by atoms with van der Waals surface area (Å²) in [7, 11) is 0. The van der Waals surface area contributed by atoms with E-state index in [1.54, 1.807) is 24.0 Å². The monoisotopic (exact) mass is 338 g/mol. The van der Waals surface area contributed by atoms with Gasteiger partial charge in [0.15, 0.2) is 5.17 Å². The molecule has 1 aliphatic heterocycles. The van der Waals surface area contributed by atoms with Crippen molar-refractivity contribution in [2.75, 3.05) is 17.2 Å². The average Bonchev–Trinajstić information content (AvgIpc) is 2.60. The summed E-state index contributed by atoms with van der Waals surface area (Å²) in [5.41, 5.74) is 9.35. The Balaban J connectivity index is 1.73. The number of nitrogens with zero attached hydrogens (tertiary/aromatic N) is 3. The smallest absolute Gasteiger partial charge is 0.167 e. The molecule has 0 aliphatic carbocycles. The van der Waals surface area contributed by atoms with E-state index in [-0.39, 0.29) is 6.04 Å². The van der Waals surface area contributed by atoms with E-state index in [1.165, 1.54) is 0 Å². The topological polar surface area (TPSA) is 99.1 Å². The number of aromatic nitrogens is 1. The number of pyridine rings is 1. The maximum Gasteiger partial charge on any atom is 0.167 e. The average molecular weight is 338 g/mol. The van der Waals surface area contributed by atoms with Crippen LogP contribution < -0.4 is 16.4 Å². The van der Waals surface area contributed by atoms with Crippen LogP contribution in [-0.4, -0.2) is 22.7 Å². The van der Waals surface area contributed by atoms with E-state index in [0.717, 1.165) is 33.7 Å². The minimum absolute atomic E-state index is 0.0858. The molecule has 1 aromatic carbocycles. The van der Waals surface area contributed by atoms with Gasteiger partial charge in [-0.05, 0) is 36.8 Å². The molecule has 6 nitrogen and oxygen atoms in total. The largest absolute Gasteiger partial charge is 0.383 e. The Morgan fingerprint density at radius 1 is 1.38 bits per heavy atom. The molecule has 0 amide bonds. The first-order valence-corrected chi connectivity index (χ1v) is 8.59. The Morgan fingerprint density at radius 3 is 3.04 bits per heavy atom. The fraction of sp³-hybridized carbons (Fsp3) is 0.235. The highest BCUT2D eigenvalue weighted by atomic mass is 32.2. The number of thioether (sulfide) groups is 1. The van der Waals surface area contributed by atoms with E-state index >= 15 is 0 Å². The number of amidine groups is 1. The number of nitrogens with two attached hydrogens (primary N) is 1. The van der Waals surface area contributed by atoms with Crippen LogP contribution in [0.15, 0.2) is 41.5 Å². The Kier molecular flexibility index (Phi) is 4.99. The summed E-state index contributed by atoms with van der Waals surface area (Å²) in [4.78, 5) is 8.92. The van der Waals surface area contributed by atoms with E-state index in [1.807, 2.05) is 31.2 Å². The van der Waals surface area contributed by atoms with E-state index in [4.69, 9.17) is 11.0 Å². The lowest BCUT2D eigenvalue weighted by Crippen LogP contribution is -2.25. The Hall–Kier alpha value is -2.56. The molecule has 24 heavy (non-hydrogen) atoms. The number of aliphatic imine (C=N–C) groups is 1. The summed E-state index contributed by atoms with van der Waals surface area (Å²) in [6, 6.07) is 11.6. The van der Waals surface area contributed by atoms with Crippen LogP contribution in [-0.2, 0) is 5.75 Å². The normalized spacial score (nSPS) is 14.1. The van der Waals surface area contributed by atoms with Crippen molar-refractivity contribution in [3.05, 3.63) is 47.7 Å². The molecule has 4 N–H and O–H groups in total. The van der Waals surface area contributed by atoms with Gasteiger partial charge in [-0.1, -0.05) is 11.8 Å². The van der Waals surface area contributed by atoms with Gasteiger partial charge in [-0.2, -0.15) is 5.26 Å². The second-order valence-electron chi connectivity index (χ2n) is 5.57. The summed E-state index contributed by atoms with van der Waals surface area (Å²) in [5, 5.41) is 16.3. The van der Waals surface area contributed by atoms with E-state index in [0.29, 0.717) is 12.1 Å². The number of fused-ring (bicyclic) bond motifs is 1. The minimum atomic E-state index is 0.0858. The van der Waals surface area contributed by atoms with Gasteiger partial charge < -0.3 is 16.4 Å². The molecule has 0 radical (unpaired) electrons. The molecule has 2 aromatic rings. The van der Waals surface area contributed by atoms with Crippen molar-refractivity contribution < 1.29 is 0 Å². The molecule has 3 rings (SSSR count). The maximum atomic E-state index is 8.96. The Bertz CT molecular complexity index is 809. The lowest BCUT2D eigenvalue weighted by Gasteiger charge is -2.16. The van der Waals surface area contributed by atoms with Crippen molar-refractivity contribution in [2.24, 2.45) is 10.7 Å². The van der Waals surface area contributed by atoms with Crippen molar-refractivity contribution in [3.8, 4) is 6.07 Å². The van der Waals surface area contributed by atoms with Crippen molar-refractivity contribution in [1.82, 2.24) is 4.98 Å². The number of rotatable bonds is 4. The minimum Gasteiger partial charge on any atom is -0.383 e. The van der Waals surface area contributed by atoms with Crippen LogP contribution in [0, 0.1) is 11.3 Å². The predicted molar refractivity (Wildman–Crippen MR) is 99.5 cm³/mol. The Morgan fingerprint density at radius 2 is 2.25 bits per heavy atom. The molecule has 7 heteroatoms. The highest BCUT2D eigenvalue weighted by molar-refractivity contribution is 8.13. The standard InChI is InChI=1S/C17H18N6S/c1-11(19)9-21-14-4-5-20-16(7-14)23-17-22-15-3-2-12(8-18)6-13(15)10-24-17/h2-7,11H,9-10,19H2,1H3,(H2,20,21,22,23). The molecular weight excluding hydrogens is 320 g/mol. The molecule has 2 heterocycles. The molecule has 0 saturated carbocycles. The number of hydrogen-bond donors (Lipinski definition) is 3. The zero-order valence-electron chi connectivity index (χ0n) is 13.3. The van der Waals surface area contributed by atoms with Gasteiger partial charge >= 0.3 is 0 Å². The maximum absolute atomic E-state index is 8.96. The van der Waals surface area contributed by atoms with Gasteiger partial charge in [-0.3, -0.25) is 0 Å². The lowest BCUT2D eigenvalue weighted by molar-refractivity contribution is 0.780. The summed E-state index contributed by atoms with van der Waals surface area (Å²) >= 11 is 1.59. The van der Waals surface area contributed by atoms with Crippen molar-refractivity contribution in [1.29, 1.82) is 5.26 Å². The lowest BCUT2D eigenvalue weighted by atomic mass is 10.1. The van der Waals surface area contributed by atoms with Crippen molar-refractivity contribution in [2.45, 2.75) is 18.7 Å². The zero-order valence-corrected chi connectivity index (χ0v) is 14.1. The summed E-state index contributed by atoms with van der Waals surface area (Å²) in [6.45, 7) is 2.66. The Labute approximate surface area is 145 Å². The van der Waals surface area contributed by atoms with Crippen molar-refractivity contribution in [3.63, 3.8) is 0 Å². The van der Waals surface area contributed by atoms with E-state index in [9.17, 15) is 0 Å².